The molecule has 32 heavy (non-hydrogen) atoms. The fourth-order valence-corrected chi connectivity index (χ4v) is 4.27. The first-order chi connectivity index (χ1) is 15.3. The van der Waals surface area contributed by atoms with E-state index in [0.717, 1.165) is 11.1 Å². The first-order valence-electron chi connectivity index (χ1n) is 9.95. The van der Waals surface area contributed by atoms with Gasteiger partial charge in [0, 0.05) is 23.6 Å². The van der Waals surface area contributed by atoms with Crippen molar-refractivity contribution < 1.29 is 19.4 Å². The number of anilines is 1. The molecule has 1 N–H and O–H groups in total. The van der Waals surface area contributed by atoms with Gasteiger partial charge in [0.05, 0.1) is 23.7 Å². The number of benzene rings is 2. The molecule has 1 saturated heterocycles. The fraction of sp³-hybridized carbons (Fsp3) is 0.160. The third-order valence-corrected chi connectivity index (χ3v) is 5.65. The van der Waals surface area contributed by atoms with E-state index in [9.17, 15) is 14.7 Å². The number of amides is 1. The van der Waals surface area contributed by atoms with E-state index in [1.165, 1.54) is 18.1 Å². The largest absolute Gasteiger partial charge is 0.507 e. The predicted molar refractivity (Wildman–Crippen MR) is 123 cm³/mol. The van der Waals surface area contributed by atoms with Gasteiger partial charge >= 0.3 is 0 Å². The molecule has 6 nitrogen and oxygen atoms in total. The van der Waals surface area contributed by atoms with Crippen LogP contribution in [-0.4, -0.2) is 28.9 Å². The number of carbonyl (C=O) groups excluding carboxylic acids is 2. The Morgan fingerprint density at radius 1 is 1.09 bits per heavy atom. The molecule has 0 bridgehead atoms. The van der Waals surface area contributed by atoms with Gasteiger partial charge in [0.2, 0.25) is 0 Å². The van der Waals surface area contributed by atoms with Crippen LogP contribution in [0.5, 0.6) is 5.75 Å². The molecular formula is C25H21ClN2O4. The molecule has 1 aliphatic heterocycles. The molecule has 0 spiro atoms. The van der Waals surface area contributed by atoms with Crippen molar-refractivity contribution in [3.05, 3.63) is 93.8 Å². The number of aryl methyl sites for hydroxylation is 2. The number of rotatable bonds is 4. The zero-order valence-electron chi connectivity index (χ0n) is 17.8. The number of Topliss-reactive ketones (excluding diaryl/α,β-unsaturated/α-hetero) is 1. The number of carbonyl (C=O) groups is 2. The van der Waals surface area contributed by atoms with Gasteiger partial charge in [0.25, 0.3) is 11.7 Å². The van der Waals surface area contributed by atoms with Crippen molar-refractivity contribution in [2.24, 2.45) is 0 Å². The number of methoxy groups -OCH3 is 1. The van der Waals surface area contributed by atoms with Gasteiger partial charge in [-0.15, -0.1) is 0 Å². The van der Waals surface area contributed by atoms with E-state index in [-0.39, 0.29) is 16.4 Å². The van der Waals surface area contributed by atoms with Crippen LogP contribution in [0.15, 0.2) is 66.5 Å². The van der Waals surface area contributed by atoms with Gasteiger partial charge in [-0.05, 0) is 66.9 Å². The summed E-state index contributed by atoms with van der Waals surface area (Å²) < 4.78 is 5.16. The van der Waals surface area contributed by atoms with Crippen LogP contribution in [0.3, 0.4) is 0 Å². The fourth-order valence-electron chi connectivity index (χ4n) is 4.01. The molecule has 4 rings (SSSR count). The SMILES string of the molecule is COc1ccc(/C(O)=C2/C(=O)C(=O)N(c3cc(C)cc(C)c3)C2c2cccnc2)cc1Cl. The van der Waals surface area contributed by atoms with Crippen LogP contribution < -0.4 is 9.64 Å². The summed E-state index contributed by atoms with van der Waals surface area (Å²) in [5.41, 5.74) is 3.37. The number of hydrogen-bond donors (Lipinski definition) is 1. The Balaban J connectivity index is 1.95. The molecule has 162 valence electrons. The summed E-state index contributed by atoms with van der Waals surface area (Å²) in [7, 11) is 1.48. The number of nitrogens with zero attached hydrogens (tertiary/aromatic N) is 2. The van der Waals surface area contributed by atoms with E-state index in [0.29, 0.717) is 22.6 Å². The summed E-state index contributed by atoms with van der Waals surface area (Å²) in [5, 5.41) is 11.4. The molecule has 1 aliphatic rings. The molecule has 0 saturated carbocycles. The summed E-state index contributed by atoms with van der Waals surface area (Å²) in [4.78, 5) is 31.9. The summed E-state index contributed by atoms with van der Waals surface area (Å²) in [6.45, 7) is 3.84. The zero-order chi connectivity index (χ0) is 23.0. The first kappa shape index (κ1) is 21.6. The van der Waals surface area contributed by atoms with E-state index in [1.54, 1.807) is 36.7 Å². The zero-order valence-corrected chi connectivity index (χ0v) is 18.6. The van der Waals surface area contributed by atoms with Crippen molar-refractivity contribution in [3.63, 3.8) is 0 Å². The molecule has 1 aromatic heterocycles. The Hall–Kier alpha value is -3.64. The number of aromatic nitrogens is 1. The maximum absolute atomic E-state index is 13.2. The van der Waals surface area contributed by atoms with Gasteiger partial charge in [-0.25, -0.2) is 0 Å². The second kappa shape index (κ2) is 8.48. The molecular weight excluding hydrogens is 428 g/mol. The summed E-state index contributed by atoms with van der Waals surface area (Å²) in [5.74, 6) is -1.37. The average molecular weight is 449 g/mol. The number of aliphatic hydroxyl groups excluding tert-OH is 1. The van der Waals surface area contributed by atoms with Crippen molar-refractivity contribution in [1.82, 2.24) is 4.98 Å². The van der Waals surface area contributed by atoms with Crippen molar-refractivity contribution in [2.45, 2.75) is 19.9 Å². The lowest BCUT2D eigenvalue weighted by Gasteiger charge is -2.26. The second-order valence-electron chi connectivity index (χ2n) is 7.65. The Morgan fingerprint density at radius 2 is 1.81 bits per heavy atom. The lowest BCUT2D eigenvalue weighted by atomic mass is 9.96. The Labute approximate surface area is 190 Å². The minimum atomic E-state index is -0.842. The highest BCUT2D eigenvalue weighted by atomic mass is 35.5. The smallest absolute Gasteiger partial charge is 0.300 e. The summed E-state index contributed by atoms with van der Waals surface area (Å²) >= 11 is 6.23. The molecule has 1 atom stereocenters. The molecule has 3 aromatic rings. The molecule has 0 aliphatic carbocycles. The van der Waals surface area contributed by atoms with Crippen LogP contribution in [0.4, 0.5) is 5.69 Å². The normalized spacial score (nSPS) is 17.6. The molecule has 1 fully saturated rings. The third-order valence-electron chi connectivity index (χ3n) is 5.35. The highest BCUT2D eigenvalue weighted by Crippen LogP contribution is 2.42. The van der Waals surface area contributed by atoms with Gasteiger partial charge in [-0.3, -0.25) is 19.5 Å². The lowest BCUT2D eigenvalue weighted by molar-refractivity contribution is -0.132. The van der Waals surface area contributed by atoms with Crippen molar-refractivity contribution in [3.8, 4) is 5.75 Å². The number of pyridine rings is 1. The van der Waals surface area contributed by atoms with E-state index in [4.69, 9.17) is 16.3 Å². The molecule has 0 radical (unpaired) electrons. The minimum Gasteiger partial charge on any atom is -0.507 e. The average Bonchev–Trinajstić information content (AvgIpc) is 3.04. The number of hydrogen-bond acceptors (Lipinski definition) is 5. The topological polar surface area (TPSA) is 79.7 Å². The van der Waals surface area contributed by atoms with Crippen LogP contribution in [0.25, 0.3) is 5.76 Å². The van der Waals surface area contributed by atoms with Crippen molar-refractivity contribution >= 4 is 34.7 Å². The van der Waals surface area contributed by atoms with Gasteiger partial charge in [0.15, 0.2) is 0 Å². The van der Waals surface area contributed by atoms with E-state index in [2.05, 4.69) is 4.98 Å². The summed E-state index contributed by atoms with van der Waals surface area (Å²) in [6, 6.07) is 13.0. The van der Waals surface area contributed by atoms with Gasteiger partial charge in [0.1, 0.15) is 11.5 Å². The minimum absolute atomic E-state index is 0.0246. The third kappa shape index (κ3) is 3.74. The van der Waals surface area contributed by atoms with Crippen molar-refractivity contribution in [2.75, 3.05) is 12.0 Å². The summed E-state index contributed by atoms with van der Waals surface area (Å²) in [6.07, 6.45) is 3.19. The molecule has 2 aromatic carbocycles. The molecule has 7 heteroatoms. The Bertz CT molecular complexity index is 1230. The van der Waals surface area contributed by atoms with Gasteiger partial charge < -0.3 is 9.84 Å². The maximum atomic E-state index is 13.2. The number of aliphatic hydroxyl groups is 1. The highest BCUT2D eigenvalue weighted by Gasteiger charge is 2.47. The predicted octanol–water partition coefficient (Wildman–Crippen LogP) is 4.99. The van der Waals surface area contributed by atoms with Crippen LogP contribution in [-0.2, 0) is 9.59 Å². The van der Waals surface area contributed by atoms with Crippen LogP contribution in [0, 0.1) is 13.8 Å². The molecule has 2 heterocycles. The van der Waals surface area contributed by atoms with Gasteiger partial charge in [-0.2, -0.15) is 0 Å². The number of halogens is 1. The number of ketones is 1. The lowest BCUT2D eigenvalue weighted by Crippen LogP contribution is -2.29. The quantitative estimate of drug-likeness (QED) is 0.345. The van der Waals surface area contributed by atoms with Gasteiger partial charge in [-0.1, -0.05) is 23.7 Å². The van der Waals surface area contributed by atoms with Crippen molar-refractivity contribution in [1.29, 1.82) is 0 Å². The first-order valence-corrected chi connectivity index (χ1v) is 10.3. The van der Waals surface area contributed by atoms with Crippen LogP contribution in [0.1, 0.15) is 28.3 Å². The van der Waals surface area contributed by atoms with E-state index >= 15 is 0 Å². The van der Waals surface area contributed by atoms with Crippen LogP contribution in [0.2, 0.25) is 5.02 Å². The standard InChI is InChI=1S/C25H21ClN2O4/c1-14-9-15(2)11-18(10-14)28-22(17-5-4-8-27-13-17)21(24(30)25(28)31)23(29)16-6-7-20(32-3)19(26)12-16/h4-13,22,29H,1-3H3/b23-21-. The highest BCUT2D eigenvalue weighted by molar-refractivity contribution is 6.51. The molecule has 1 unspecified atom stereocenters. The van der Waals surface area contributed by atoms with E-state index in [1.807, 2.05) is 32.0 Å². The van der Waals surface area contributed by atoms with Crippen LogP contribution >= 0.6 is 11.6 Å². The second-order valence-corrected chi connectivity index (χ2v) is 8.06. The monoisotopic (exact) mass is 448 g/mol. The maximum Gasteiger partial charge on any atom is 0.300 e. The number of ether oxygens (including phenoxy) is 1. The Morgan fingerprint density at radius 3 is 2.41 bits per heavy atom. The van der Waals surface area contributed by atoms with E-state index < -0.39 is 17.7 Å². The molecule has 1 amide bonds. The Kier molecular flexibility index (Phi) is 5.72.